The van der Waals surface area contributed by atoms with Gasteiger partial charge in [0.2, 0.25) is 0 Å². The zero-order valence-electron chi connectivity index (χ0n) is 20.1. The largest absolute Gasteiger partial charge is 0.492 e. The fourth-order valence-electron chi connectivity index (χ4n) is 5.24. The molecule has 0 aliphatic carbocycles. The number of halogens is 2. The lowest BCUT2D eigenvalue weighted by Gasteiger charge is -2.44. The second-order valence-electron chi connectivity index (χ2n) is 9.29. The van der Waals surface area contributed by atoms with Crippen molar-refractivity contribution in [2.75, 3.05) is 33.8 Å². The van der Waals surface area contributed by atoms with Crippen molar-refractivity contribution in [1.29, 1.82) is 0 Å². The van der Waals surface area contributed by atoms with Gasteiger partial charge in [-0.15, -0.1) is 0 Å². The molecule has 35 heavy (non-hydrogen) atoms. The van der Waals surface area contributed by atoms with Crippen LogP contribution in [0.4, 0.5) is 9.18 Å². The van der Waals surface area contributed by atoms with Crippen molar-refractivity contribution >= 4 is 23.2 Å². The average Bonchev–Trinajstić information content (AvgIpc) is 3.26. The molecule has 2 aromatic rings. The van der Waals surface area contributed by atoms with Crippen LogP contribution in [0, 0.1) is 5.82 Å². The first-order valence-corrected chi connectivity index (χ1v) is 11.9. The molecule has 1 aromatic heterocycles. The SMILES string of the molecule is COc1c(F)cc(CN2C(=O)n3ncnc3C3=CC(CN4C[C@@H](C)O[C@@H](C)C4)=CN(C)C32)cc1Cl. The maximum absolute atomic E-state index is 14.5. The summed E-state index contributed by atoms with van der Waals surface area (Å²) in [6.07, 6.45) is 5.42. The molecule has 4 heterocycles. The van der Waals surface area contributed by atoms with Gasteiger partial charge in [-0.25, -0.2) is 14.2 Å². The molecule has 1 amide bonds. The Morgan fingerprint density at radius 3 is 2.66 bits per heavy atom. The van der Waals surface area contributed by atoms with E-state index in [1.807, 2.05) is 18.1 Å². The summed E-state index contributed by atoms with van der Waals surface area (Å²) in [5, 5.41) is 4.31. The molecule has 0 bridgehead atoms. The minimum atomic E-state index is -0.579. The van der Waals surface area contributed by atoms with E-state index in [2.05, 4.69) is 34.9 Å². The quantitative estimate of drug-likeness (QED) is 0.621. The summed E-state index contributed by atoms with van der Waals surface area (Å²) >= 11 is 6.21. The van der Waals surface area contributed by atoms with Crippen molar-refractivity contribution in [3.63, 3.8) is 0 Å². The molecule has 1 fully saturated rings. The van der Waals surface area contributed by atoms with E-state index in [9.17, 15) is 9.18 Å². The Morgan fingerprint density at radius 2 is 1.97 bits per heavy atom. The Morgan fingerprint density at radius 1 is 1.23 bits per heavy atom. The standard InChI is InChI=1S/C24H28ClFN6O3/c1-14-8-30(9-15(2)35-14)11-17-5-18-22-27-13-28-32(22)24(33)31(23(18)29(3)10-17)12-16-6-19(25)21(34-4)20(26)7-16/h5-7,10,13-15,23H,8-9,11-12H2,1-4H3/t14-,15+,23?. The van der Waals surface area contributed by atoms with Crippen molar-refractivity contribution in [1.82, 2.24) is 29.5 Å². The average molecular weight is 503 g/mol. The molecule has 1 saturated heterocycles. The summed E-state index contributed by atoms with van der Waals surface area (Å²) in [5.41, 5.74) is 2.50. The molecule has 11 heteroatoms. The summed E-state index contributed by atoms with van der Waals surface area (Å²) in [5.74, 6) is -0.0881. The number of morpholine rings is 1. The first kappa shape index (κ1) is 23.8. The third-order valence-corrected chi connectivity index (χ3v) is 6.70. The number of nitrogens with zero attached hydrogens (tertiary/aromatic N) is 6. The molecule has 186 valence electrons. The third kappa shape index (κ3) is 4.41. The first-order valence-electron chi connectivity index (χ1n) is 11.5. The van der Waals surface area contributed by atoms with Crippen LogP contribution in [0.15, 0.2) is 36.3 Å². The van der Waals surface area contributed by atoms with Crippen molar-refractivity contribution < 1.29 is 18.7 Å². The van der Waals surface area contributed by atoms with Gasteiger partial charge in [0.05, 0.1) is 30.9 Å². The highest BCUT2D eigenvalue weighted by Crippen LogP contribution is 2.36. The van der Waals surface area contributed by atoms with E-state index in [0.29, 0.717) is 11.4 Å². The Bertz CT molecular complexity index is 1180. The van der Waals surface area contributed by atoms with E-state index in [1.54, 1.807) is 11.0 Å². The zero-order chi connectivity index (χ0) is 24.9. The number of fused-ring (bicyclic) bond motifs is 3. The van der Waals surface area contributed by atoms with Crippen molar-refractivity contribution in [2.45, 2.75) is 38.8 Å². The maximum Gasteiger partial charge on any atom is 0.348 e. The summed E-state index contributed by atoms with van der Waals surface area (Å²) in [4.78, 5) is 23.8. The summed E-state index contributed by atoms with van der Waals surface area (Å²) in [6.45, 7) is 6.75. The smallest absolute Gasteiger partial charge is 0.348 e. The van der Waals surface area contributed by atoms with Crippen LogP contribution in [0.25, 0.3) is 5.57 Å². The number of aromatic nitrogens is 3. The number of amides is 1. The number of carbonyl (C=O) groups is 1. The van der Waals surface area contributed by atoms with E-state index >= 15 is 0 Å². The molecule has 3 aliphatic heterocycles. The Labute approximate surface area is 208 Å². The van der Waals surface area contributed by atoms with Crippen LogP contribution in [-0.2, 0) is 11.3 Å². The number of hydrogen-bond acceptors (Lipinski definition) is 7. The second kappa shape index (κ2) is 9.25. The van der Waals surface area contributed by atoms with E-state index in [-0.39, 0.29) is 35.6 Å². The number of rotatable bonds is 5. The Kier molecular flexibility index (Phi) is 6.29. The lowest BCUT2D eigenvalue weighted by molar-refractivity contribution is -0.0652. The number of likely N-dealkylation sites (N-methyl/N-ethyl adjacent to an activating group) is 1. The minimum Gasteiger partial charge on any atom is -0.492 e. The molecule has 3 atom stereocenters. The van der Waals surface area contributed by atoms with Gasteiger partial charge >= 0.3 is 6.03 Å². The van der Waals surface area contributed by atoms with E-state index in [0.717, 1.165) is 30.8 Å². The Balaban J connectivity index is 1.46. The molecule has 1 aromatic carbocycles. The van der Waals surface area contributed by atoms with Crippen LogP contribution in [0.5, 0.6) is 5.75 Å². The summed E-state index contributed by atoms with van der Waals surface area (Å²) < 4.78 is 26.7. The fourth-order valence-corrected chi connectivity index (χ4v) is 5.55. The lowest BCUT2D eigenvalue weighted by atomic mass is 10.00. The molecule has 5 rings (SSSR count). The maximum atomic E-state index is 14.5. The summed E-state index contributed by atoms with van der Waals surface area (Å²) in [7, 11) is 3.29. The van der Waals surface area contributed by atoms with Crippen molar-refractivity contribution in [3.05, 3.63) is 58.5 Å². The number of methoxy groups -OCH3 is 1. The zero-order valence-corrected chi connectivity index (χ0v) is 20.9. The molecule has 1 unspecified atom stereocenters. The van der Waals surface area contributed by atoms with E-state index < -0.39 is 12.0 Å². The summed E-state index contributed by atoms with van der Waals surface area (Å²) in [6, 6.07) is 2.61. The van der Waals surface area contributed by atoms with Crippen LogP contribution < -0.4 is 4.74 Å². The van der Waals surface area contributed by atoms with E-state index in [1.165, 1.54) is 24.2 Å². The fraction of sp³-hybridized carbons (Fsp3) is 0.458. The minimum absolute atomic E-state index is 0.0198. The second-order valence-corrected chi connectivity index (χ2v) is 9.70. The van der Waals surface area contributed by atoms with Gasteiger partial charge in [0, 0.05) is 38.5 Å². The molecule has 9 nitrogen and oxygen atoms in total. The molecule has 0 radical (unpaired) electrons. The predicted molar refractivity (Wildman–Crippen MR) is 128 cm³/mol. The van der Waals surface area contributed by atoms with Gasteiger partial charge in [0.1, 0.15) is 12.5 Å². The third-order valence-electron chi connectivity index (χ3n) is 6.42. The highest BCUT2D eigenvalue weighted by Gasteiger charge is 2.41. The van der Waals surface area contributed by atoms with Crippen molar-refractivity contribution in [3.8, 4) is 5.75 Å². The normalized spacial score (nSPS) is 24.6. The van der Waals surface area contributed by atoms with Crippen LogP contribution in [0.2, 0.25) is 5.02 Å². The molecular weight excluding hydrogens is 475 g/mol. The highest BCUT2D eigenvalue weighted by molar-refractivity contribution is 6.32. The van der Waals surface area contributed by atoms with Crippen LogP contribution >= 0.6 is 11.6 Å². The molecule has 0 spiro atoms. The van der Waals surface area contributed by atoms with Crippen LogP contribution in [0.3, 0.4) is 0 Å². The molecular formula is C24H28ClFN6O3. The monoisotopic (exact) mass is 502 g/mol. The van der Waals surface area contributed by atoms with Gasteiger partial charge in [-0.2, -0.15) is 9.78 Å². The van der Waals surface area contributed by atoms with Crippen LogP contribution in [-0.4, -0.2) is 87.7 Å². The van der Waals surface area contributed by atoms with E-state index in [4.69, 9.17) is 21.1 Å². The van der Waals surface area contributed by atoms with Gasteiger partial charge in [0.15, 0.2) is 17.4 Å². The van der Waals surface area contributed by atoms with Gasteiger partial charge in [0.25, 0.3) is 0 Å². The van der Waals surface area contributed by atoms with Gasteiger partial charge in [-0.05, 0) is 43.2 Å². The predicted octanol–water partition coefficient (Wildman–Crippen LogP) is 3.21. The molecule has 0 saturated carbocycles. The molecule has 0 N–H and O–H groups in total. The topological polar surface area (TPSA) is 76.0 Å². The van der Waals surface area contributed by atoms with Gasteiger partial charge in [-0.1, -0.05) is 11.6 Å². The van der Waals surface area contributed by atoms with Gasteiger partial charge in [-0.3, -0.25) is 9.80 Å². The van der Waals surface area contributed by atoms with Gasteiger partial charge < -0.3 is 14.4 Å². The first-order chi connectivity index (χ1) is 16.7. The lowest BCUT2D eigenvalue weighted by Crippen LogP contribution is -2.54. The number of ether oxygens (including phenoxy) is 2. The molecule has 3 aliphatic rings. The van der Waals surface area contributed by atoms with Crippen LogP contribution in [0.1, 0.15) is 25.2 Å². The number of hydrogen-bond donors (Lipinski definition) is 0. The Hall–Kier alpha value is -2.95. The number of carbonyl (C=O) groups excluding carboxylic acids is 1. The number of benzene rings is 1. The highest BCUT2D eigenvalue weighted by atomic mass is 35.5. The van der Waals surface area contributed by atoms with Crippen molar-refractivity contribution in [2.24, 2.45) is 0 Å².